The maximum Gasteiger partial charge on any atom is 0.230 e. The van der Waals surface area contributed by atoms with E-state index in [0.29, 0.717) is 6.61 Å². The number of rotatable bonds is 3. The van der Waals surface area contributed by atoms with Crippen LogP contribution >= 0.6 is 0 Å². The van der Waals surface area contributed by atoms with E-state index in [1.807, 2.05) is 42.5 Å². The van der Waals surface area contributed by atoms with Crippen LogP contribution in [0.2, 0.25) is 0 Å². The van der Waals surface area contributed by atoms with Gasteiger partial charge in [-0.15, -0.1) is 0 Å². The lowest BCUT2D eigenvalue weighted by molar-refractivity contribution is -0.129. The molecule has 4 rings (SSSR count). The Kier molecular flexibility index (Phi) is 4.22. The van der Waals surface area contributed by atoms with Crippen LogP contribution in [-0.4, -0.2) is 19.1 Å². The van der Waals surface area contributed by atoms with Crippen LogP contribution in [0, 0.1) is 5.92 Å². The van der Waals surface area contributed by atoms with Gasteiger partial charge in [0.25, 0.3) is 0 Å². The molecule has 2 N–H and O–H groups in total. The molecule has 2 aliphatic rings. The SMILES string of the molecule is O=C(Nc1ccc2c(c1)CCN2)C1CCCOC1c1ccccc1. The lowest BCUT2D eigenvalue weighted by Crippen LogP contribution is -2.33. The zero-order chi connectivity index (χ0) is 16.4. The number of hydrogen-bond acceptors (Lipinski definition) is 3. The smallest absolute Gasteiger partial charge is 0.230 e. The highest BCUT2D eigenvalue weighted by Gasteiger charge is 2.33. The topological polar surface area (TPSA) is 50.4 Å². The van der Waals surface area contributed by atoms with Crippen molar-refractivity contribution in [3.8, 4) is 0 Å². The summed E-state index contributed by atoms with van der Waals surface area (Å²) in [6.07, 6.45) is 2.64. The van der Waals surface area contributed by atoms with Crippen molar-refractivity contribution in [2.75, 3.05) is 23.8 Å². The Labute approximate surface area is 142 Å². The van der Waals surface area contributed by atoms with Crippen LogP contribution in [0.4, 0.5) is 11.4 Å². The maximum absolute atomic E-state index is 12.8. The van der Waals surface area contributed by atoms with E-state index in [1.165, 1.54) is 11.3 Å². The molecular formula is C20H22N2O2. The zero-order valence-electron chi connectivity index (χ0n) is 13.6. The highest BCUT2D eigenvalue weighted by Crippen LogP contribution is 2.34. The largest absolute Gasteiger partial charge is 0.384 e. The molecule has 0 aliphatic carbocycles. The summed E-state index contributed by atoms with van der Waals surface area (Å²) in [4.78, 5) is 12.8. The summed E-state index contributed by atoms with van der Waals surface area (Å²) in [6.45, 7) is 1.69. The third-order valence-corrected chi connectivity index (χ3v) is 4.87. The summed E-state index contributed by atoms with van der Waals surface area (Å²) in [5.41, 5.74) is 4.40. The van der Waals surface area contributed by atoms with Crippen molar-refractivity contribution in [3.63, 3.8) is 0 Å². The molecule has 2 unspecified atom stereocenters. The molecule has 0 saturated carbocycles. The number of carbonyl (C=O) groups is 1. The van der Waals surface area contributed by atoms with Gasteiger partial charge < -0.3 is 15.4 Å². The number of fused-ring (bicyclic) bond motifs is 1. The minimum Gasteiger partial charge on any atom is -0.384 e. The summed E-state index contributed by atoms with van der Waals surface area (Å²) in [5, 5.41) is 6.43. The fourth-order valence-corrected chi connectivity index (χ4v) is 3.64. The van der Waals surface area contributed by atoms with E-state index < -0.39 is 0 Å². The second-order valence-corrected chi connectivity index (χ2v) is 6.49. The lowest BCUT2D eigenvalue weighted by Gasteiger charge is -2.31. The van der Waals surface area contributed by atoms with Crippen molar-refractivity contribution in [1.82, 2.24) is 0 Å². The Bertz CT molecular complexity index is 730. The molecule has 4 nitrogen and oxygen atoms in total. The van der Waals surface area contributed by atoms with Crippen LogP contribution in [-0.2, 0) is 16.0 Å². The summed E-state index contributed by atoms with van der Waals surface area (Å²) in [7, 11) is 0. The van der Waals surface area contributed by atoms with Crippen LogP contribution in [0.1, 0.15) is 30.1 Å². The number of anilines is 2. The Morgan fingerprint density at radius 1 is 1.17 bits per heavy atom. The number of carbonyl (C=O) groups excluding carboxylic acids is 1. The number of nitrogens with one attached hydrogen (secondary N) is 2. The fraction of sp³-hybridized carbons (Fsp3) is 0.350. The van der Waals surface area contributed by atoms with Gasteiger partial charge in [0, 0.05) is 24.5 Å². The summed E-state index contributed by atoms with van der Waals surface area (Å²) in [5.74, 6) is -0.0954. The molecule has 0 spiro atoms. The van der Waals surface area contributed by atoms with E-state index >= 15 is 0 Å². The van der Waals surface area contributed by atoms with E-state index in [4.69, 9.17) is 4.74 Å². The van der Waals surface area contributed by atoms with Crippen molar-refractivity contribution in [3.05, 3.63) is 59.7 Å². The van der Waals surface area contributed by atoms with Crippen LogP contribution in [0.3, 0.4) is 0 Å². The summed E-state index contributed by atoms with van der Waals surface area (Å²) < 4.78 is 5.94. The van der Waals surface area contributed by atoms with Crippen LogP contribution < -0.4 is 10.6 Å². The molecule has 2 atom stereocenters. The van der Waals surface area contributed by atoms with Gasteiger partial charge in [-0.05, 0) is 48.6 Å². The first-order valence-electron chi connectivity index (χ1n) is 8.65. The van der Waals surface area contributed by atoms with Crippen molar-refractivity contribution in [2.24, 2.45) is 5.92 Å². The van der Waals surface area contributed by atoms with Crippen LogP contribution in [0.25, 0.3) is 0 Å². The molecule has 0 aromatic heterocycles. The molecule has 1 fully saturated rings. The van der Waals surface area contributed by atoms with E-state index in [9.17, 15) is 4.79 Å². The van der Waals surface area contributed by atoms with Crippen molar-refractivity contribution < 1.29 is 9.53 Å². The van der Waals surface area contributed by atoms with Crippen molar-refractivity contribution in [2.45, 2.75) is 25.4 Å². The minimum absolute atomic E-state index is 0.0504. The first-order valence-corrected chi connectivity index (χ1v) is 8.65. The molecule has 1 saturated heterocycles. The highest BCUT2D eigenvalue weighted by molar-refractivity contribution is 5.93. The Hall–Kier alpha value is -2.33. The first kappa shape index (κ1) is 15.2. The zero-order valence-corrected chi connectivity index (χ0v) is 13.6. The predicted molar refractivity (Wildman–Crippen MR) is 95.1 cm³/mol. The summed E-state index contributed by atoms with van der Waals surface area (Å²) >= 11 is 0. The standard InChI is InChI=1S/C20H22N2O2/c23-20(22-16-8-9-18-15(13-16)10-11-21-18)17-7-4-12-24-19(17)14-5-2-1-3-6-14/h1-3,5-6,8-9,13,17,19,21H,4,7,10-12H2,(H,22,23). The Morgan fingerprint density at radius 2 is 2.04 bits per heavy atom. The van der Waals surface area contributed by atoms with Gasteiger partial charge in [-0.2, -0.15) is 0 Å². The Balaban J connectivity index is 1.51. The lowest BCUT2D eigenvalue weighted by atomic mass is 9.88. The van der Waals surface area contributed by atoms with Gasteiger partial charge in [0.15, 0.2) is 0 Å². The van der Waals surface area contributed by atoms with Crippen molar-refractivity contribution in [1.29, 1.82) is 0 Å². The highest BCUT2D eigenvalue weighted by atomic mass is 16.5. The quantitative estimate of drug-likeness (QED) is 0.904. The first-order chi connectivity index (χ1) is 11.8. The molecule has 0 bridgehead atoms. The van der Waals surface area contributed by atoms with Gasteiger partial charge in [0.05, 0.1) is 12.0 Å². The fourth-order valence-electron chi connectivity index (χ4n) is 3.64. The monoisotopic (exact) mass is 322 g/mol. The molecular weight excluding hydrogens is 300 g/mol. The molecule has 2 aromatic rings. The molecule has 1 amide bonds. The van der Waals surface area contributed by atoms with E-state index in [-0.39, 0.29) is 17.9 Å². The van der Waals surface area contributed by atoms with Gasteiger partial charge in [-0.1, -0.05) is 30.3 Å². The number of hydrogen-bond donors (Lipinski definition) is 2. The Morgan fingerprint density at radius 3 is 2.92 bits per heavy atom. The average molecular weight is 322 g/mol. The van der Waals surface area contributed by atoms with Crippen LogP contribution in [0.5, 0.6) is 0 Å². The van der Waals surface area contributed by atoms with E-state index in [0.717, 1.165) is 37.1 Å². The van der Waals surface area contributed by atoms with Crippen LogP contribution in [0.15, 0.2) is 48.5 Å². The number of benzene rings is 2. The van der Waals surface area contributed by atoms with E-state index in [2.05, 4.69) is 16.7 Å². The normalized spacial score (nSPS) is 22.5. The summed E-state index contributed by atoms with van der Waals surface area (Å²) in [6, 6.07) is 16.1. The average Bonchev–Trinajstić information content (AvgIpc) is 3.10. The van der Waals surface area contributed by atoms with E-state index in [1.54, 1.807) is 0 Å². The predicted octanol–water partition coefficient (Wildman–Crippen LogP) is 3.76. The molecule has 124 valence electrons. The molecule has 2 aliphatic heterocycles. The maximum atomic E-state index is 12.8. The molecule has 0 radical (unpaired) electrons. The van der Waals surface area contributed by atoms with Gasteiger partial charge in [0.2, 0.25) is 5.91 Å². The molecule has 2 aromatic carbocycles. The third-order valence-electron chi connectivity index (χ3n) is 4.87. The second-order valence-electron chi connectivity index (χ2n) is 6.49. The number of amides is 1. The van der Waals surface area contributed by atoms with Gasteiger partial charge in [-0.25, -0.2) is 0 Å². The minimum atomic E-state index is -0.156. The molecule has 2 heterocycles. The second kappa shape index (κ2) is 6.65. The van der Waals surface area contributed by atoms with Crippen molar-refractivity contribution >= 4 is 17.3 Å². The third kappa shape index (κ3) is 3.02. The van der Waals surface area contributed by atoms with Gasteiger partial charge >= 0.3 is 0 Å². The van der Waals surface area contributed by atoms with Gasteiger partial charge in [-0.3, -0.25) is 4.79 Å². The number of ether oxygens (including phenoxy) is 1. The molecule has 24 heavy (non-hydrogen) atoms. The van der Waals surface area contributed by atoms with Gasteiger partial charge in [0.1, 0.15) is 0 Å². The molecule has 4 heteroatoms.